The van der Waals surface area contributed by atoms with Crippen molar-refractivity contribution in [3.05, 3.63) is 60.2 Å². The van der Waals surface area contributed by atoms with E-state index in [4.69, 9.17) is 5.73 Å². The molecule has 6 nitrogen and oxygen atoms in total. The summed E-state index contributed by atoms with van der Waals surface area (Å²) >= 11 is 0. The zero-order valence-corrected chi connectivity index (χ0v) is 18.7. The van der Waals surface area contributed by atoms with Crippen molar-refractivity contribution >= 4 is 29.9 Å². The van der Waals surface area contributed by atoms with Crippen LogP contribution in [-0.2, 0) is 15.0 Å². The van der Waals surface area contributed by atoms with Crippen LogP contribution in [0.25, 0.3) is 0 Å². The third-order valence-electron chi connectivity index (χ3n) is 6.78. The topological polar surface area (TPSA) is 97.1 Å². The maximum absolute atomic E-state index is 13.2. The number of carbonyl (C=O) groups is 2. The zero-order chi connectivity index (χ0) is 21.8. The maximum Gasteiger partial charge on any atom is 0.230 e. The van der Waals surface area contributed by atoms with Gasteiger partial charge < -0.3 is 16.4 Å². The molecule has 0 bridgehead atoms. The number of hydrogen-bond donors (Lipinski definition) is 3. The Kier molecular flexibility index (Phi) is 7.85. The Morgan fingerprint density at radius 1 is 1.06 bits per heavy atom. The molecule has 1 heterocycles. The zero-order valence-electron chi connectivity index (χ0n) is 17.9. The van der Waals surface area contributed by atoms with Gasteiger partial charge in [-0.05, 0) is 74.3 Å². The van der Waals surface area contributed by atoms with Crippen molar-refractivity contribution in [1.82, 2.24) is 10.3 Å². The molecule has 2 saturated carbocycles. The minimum atomic E-state index is -0.532. The fourth-order valence-electron chi connectivity index (χ4n) is 4.58. The van der Waals surface area contributed by atoms with Gasteiger partial charge in [0, 0.05) is 36.6 Å². The number of pyridine rings is 1. The fourth-order valence-corrected chi connectivity index (χ4v) is 4.58. The second kappa shape index (κ2) is 10.4. The van der Waals surface area contributed by atoms with Crippen molar-refractivity contribution in [2.75, 3.05) is 11.9 Å². The van der Waals surface area contributed by atoms with Gasteiger partial charge >= 0.3 is 0 Å². The second-order valence-electron chi connectivity index (χ2n) is 8.80. The van der Waals surface area contributed by atoms with Crippen LogP contribution >= 0.6 is 12.4 Å². The smallest absolute Gasteiger partial charge is 0.230 e. The lowest BCUT2D eigenvalue weighted by Gasteiger charge is -2.32. The number of nitrogens with one attached hydrogen (secondary N) is 2. The third-order valence-corrected chi connectivity index (χ3v) is 6.78. The molecule has 0 aliphatic heterocycles. The normalized spacial score (nSPS) is 22.2. The van der Waals surface area contributed by atoms with Crippen LogP contribution in [0, 0.1) is 17.7 Å². The molecule has 2 fully saturated rings. The molecule has 172 valence electrons. The number of nitrogens with zero attached hydrogens (tertiary/aromatic N) is 1. The van der Waals surface area contributed by atoms with Gasteiger partial charge in [-0.2, -0.15) is 0 Å². The molecule has 4 rings (SSSR count). The summed E-state index contributed by atoms with van der Waals surface area (Å²) in [5.41, 5.74) is 7.48. The Balaban J connectivity index is 0.00000289. The molecule has 2 aliphatic carbocycles. The molecule has 2 amide bonds. The predicted octanol–water partition coefficient (Wildman–Crippen LogP) is 3.56. The van der Waals surface area contributed by atoms with Gasteiger partial charge in [0.15, 0.2) is 0 Å². The molecule has 2 aliphatic rings. The number of anilines is 1. The van der Waals surface area contributed by atoms with Crippen molar-refractivity contribution in [3.63, 3.8) is 0 Å². The van der Waals surface area contributed by atoms with E-state index < -0.39 is 5.41 Å². The summed E-state index contributed by atoms with van der Waals surface area (Å²) < 4.78 is 13.2. The molecule has 1 unspecified atom stereocenters. The van der Waals surface area contributed by atoms with Crippen LogP contribution in [0.5, 0.6) is 0 Å². The fraction of sp³-hybridized carbons (Fsp3) is 0.458. The van der Waals surface area contributed by atoms with Gasteiger partial charge in [-0.15, -0.1) is 12.4 Å². The van der Waals surface area contributed by atoms with Gasteiger partial charge in [0.05, 0.1) is 5.41 Å². The summed E-state index contributed by atoms with van der Waals surface area (Å²) in [5, 5.41) is 5.97. The molecule has 0 saturated heterocycles. The van der Waals surface area contributed by atoms with Crippen molar-refractivity contribution < 1.29 is 14.0 Å². The van der Waals surface area contributed by atoms with Crippen LogP contribution in [-0.4, -0.2) is 29.4 Å². The maximum atomic E-state index is 13.2. The molecule has 0 radical (unpaired) electrons. The number of halogens is 2. The molecule has 0 spiro atoms. The first-order valence-electron chi connectivity index (χ1n) is 11.0. The SMILES string of the molecule is Cl.NC(CNC(=O)C1(c2ccc(F)cc2)CC1)C1CCC(C(=O)Nc2ccncc2)CC1. The monoisotopic (exact) mass is 460 g/mol. The van der Waals surface area contributed by atoms with E-state index in [2.05, 4.69) is 15.6 Å². The van der Waals surface area contributed by atoms with E-state index in [9.17, 15) is 14.0 Å². The van der Waals surface area contributed by atoms with Crippen LogP contribution in [0.1, 0.15) is 44.1 Å². The lowest BCUT2D eigenvalue weighted by Crippen LogP contribution is -2.46. The number of amides is 2. The highest BCUT2D eigenvalue weighted by Gasteiger charge is 2.51. The molecule has 1 aromatic carbocycles. The Morgan fingerprint density at radius 2 is 1.69 bits per heavy atom. The Labute approximate surface area is 194 Å². The van der Waals surface area contributed by atoms with Crippen LogP contribution in [0.15, 0.2) is 48.8 Å². The molecule has 8 heteroatoms. The molecule has 1 atom stereocenters. The summed E-state index contributed by atoms with van der Waals surface area (Å²) in [6.07, 6.45) is 8.19. The van der Waals surface area contributed by atoms with E-state index >= 15 is 0 Å². The van der Waals surface area contributed by atoms with Crippen molar-refractivity contribution in [2.24, 2.45) is 17.6 Å². The quantitative estimate of drug-likeness (QED) is 0.588. The summed E-state index contributed by atoms with van der Waals surface area (Å²) in [6.45, 7) is 0.417. The van der Waals surface area contributed by atoms with Gasteiger partial charge in [-0.3, -0.25) is 14.6 Å². The van der Waals surface area contributed by atoms with Crippen LogP contribution in [0.4, 0.5) is 10.1 Å². The van der Waals surface area contributed by atoms with Crippen LogP contribution in [0.3, 0.4) is 0 Å². The first kappa shape index (κ1) is 24.1. The Bertz CT molecular complexity index is 913. The van der Waals surface area contributed by atoms with E-state index in [1.807, 2.05) is 0 Å². The van der Waals surface area contributed by atoms with E-state index in [0.717, 1.165) is 49.8 Å². The third kappa shape index (κ3) is 5.45. The summed E-state index contributed by atoms with van der Waals surface area (Å²) in [6, 6.07) is 9.61. The van der Waals surface area contributed by atoms with Crippen molar-refractivity contribution in [2.45, 2.75) is 50.0 Å². The minimum absolute atomic E-state index is 0. The lowest BCUT2D eigenvalue weighted by atomic mass is 9.78. The number of aromatic nitrogens is 1. The number of nitrogens with two attached hydrogens (primary N) is 1. The number of hydrogen-bond acceptors (Lipinski definition) is 4. The highest BCUT2D eigenvalue weighted by Crippen LogP contribution is 2.48. The van der Waals surface area contributed by atoms with E-state index in [0.29, 0.717) is 6.54 Å². The van der Waals surface area contributed by atoms with Gasteiger partial charge in [0.2, 0.25) is 11.8 Å². The standard InChI is InChI=1S/C24H29FN4O2.ClH/c25-19-7-5-18(6-8-19)24(11-12-24)23(31)28-15-21(26)16-1-3-17(4-2-16)22(30)29-20-9-13-27-14-10-20;/h5-10,13-14,16-17,21H,1-4,11-12,15,26H2,(H,28,31)(H,27,29,30);1H. The van der Waals surface area contributed by atoms with Crippen molar-refractivity contribution in [3.8, 4) is 0 Å². The molecular formula is C24H30ClFN4O2. The van der Waals surface area contributed by atoms with Gasteiger partial charge in [0.1, 0.15) is 5.82 Å². The van der Waals surface area contributed by atoms with Gasteiger partial charge in [-0.1, -0.05) is 12.1 Å². The molecule has 4 N–H and O–H groups in total. The van der Waals surface area contributed by atoms with Gasteiger partial charge in [-0.25, -0.2) is 4.39 Å². The number of benzene rings is 1. The van der Waals surface area contributed by atoms with Crippen molar-refractivity contribution in [1.29, 1.82) is 0 Å². The molecule has 32 heavy (non-hydrogen) atoms. The summed E-state index contributed by atoms with van der Waals surface area (Å²) in [7, 11) is 0. The van der Waals surface area contributed by atoms with E-state index in [1.54, 1.807) is 36.7 Å². The summed E-state index contributed by atoms with van der Waals surface area (Å²) in [4.78, 5) is 29.2. The lowest BCUT2D eigenvalue weighted by molar-refractivity contribution is -0.123. The second-order valence-corrected chi connectivity index (χ2v) is 8.80. The largest absolute Gasteiger partial charge is 0.354 e. The first-order chi connectivity index (χ1) is 15.0. The van der Waals surface area contributed by atoms with Gasteiger partial charge in [0.25, 0.3) is 0 Å². The highest BCUT2D eigenvalue weighted by molar-refractivity contribution is 5.92. The van der Waals surface area contributed by atoms with E-state index in [-0.39, 0.29) is 47.9 Å². The Hall–Kier alpha value is -2.51. The van der Waals surface area contributed by atoms with Crippen LogP contribution in [0.2, 0.25) is 0 Å². The predicted molar refractivity (Wildman–Crippen MR) is 124 cm³/mol. The molecular weight excluding hydrogens is 431 g/mol. The average Bonchev–Trinajstić information content (AvgIpc) is 3.60. The van der Waals surface area contributed by atoms with E-state index in [1.165, 1.54) is 12.1 Å². The van der Waals surface area contributed by atoms with Crippen LogP contribution < -0.4 is 16.4 Å². The number of carbonyl (C=O) groups excluding carboxylic acids is 2. The first-order valence-corrected chi connectivity index (χ1v) is 11.0. The molecule has 2 aromatic rings. The minimum Gasteiger partial charge on any atom is -0.354 e. The Morgan fingerprint density at radius 3 is 2.28 bits per heavy atom. The average molecular weight is 461 g/mol. The molecule has 1 aromatic heterocycles. The summed E-state index contributed by atoms with van der Waals surface area (Å²) in [5.74, 6) is -0.0147. The highest BCUT2D eigenvalue weighted by atomic mass is 35.5. The number of rotatable bonds is 7.